The number of hydrogen-bond acceptors (Lipinski definition) is 6. The third-order valence-electron chi connectivity index (χ3n) is 7.12. The average molecular weight is 483 g/mol. The lowest BCUT2D eigenvalue weighted by Gasteiger charge is -2.31. The summed E-state index contributed by atoms with van der Waals surface area (Å²) in [6, 6.07) is 7.71. The molecule has 5 rings (SSSR count). The molecule has 2 saturated heterocycles. The van der Waals surface area contributed by atoms with E-state index in [2.05, 4.69) is 20.1 Å². The number of piperidine rings is 1. The first-order valence-electron chi connectivity index (χ1n) is 11.9. The molecule has 3 aromatic rings. The zero-order valence-corrected chi connectivity index (χ0v) is 20.1. The van der Waals surface area contributed by atoms with E-state index in [4.69, 9.17) is 5.73 Å². The molecule has 2 aliphatic rings. The van der Waals surface area contributed by atoms with Crippen LogP contribution in [0.5, 0.6) is 0 Å². The van der Waals surface area contributed by atoms with Crippen molar-refractivity contribution in [3.05, 3.63) is 41.6 Å². The monoisotopic (exact) mass is 482 g/mol. The normalized spacial score (nSPS) is 18.1. The highest BCUT2D eigenvalue weighted by molar-refractivity contribution is 7.89. The largest absolute Gasteiger partial charge is 0.366 e. The highest BCUT2D eigenvalue weighted by Gasteiger charge is 2.29. The molecule has 0 bridgehead atoms. The molecule has 0 aliphatic carbocycles. The molecule has 2 fully saturated rings. The predicted molar refractivity (Wildman–Crippen MR) is 132 cm³/mol. The van der Waals surface area contributed by atoms with Gasteiger partial charge in [-0.25, -0.2) is 12.7 Å². The van der Waals surface area contributed by atoms with Gasteiger partial charge in [-0.2, -0.15) is 0 Å². The Morgan fingerprint density at radius 3 is 2.47 bits per heavy atom. The first-order valence-corrected chi connectivity index (χ1v) is 13.5. The summed E-state index contributed by atoms with van der Waals surface area (Å²) in [5.74, 6) is 0.671. The van der Waals surface area contributed by atoms with Crippen LogP contribution in [0.1, 0.15) is 54.4 Å². The second kappa shape index (κ2) is 8.99. The molecule has 0 saturated carbocycles. The van der Waals surface area contributed by atoms with Crippen molar-refractivity contribution in [2.45, 2.75) is 38.5 Å². The minimum Gasteiger partial charge on any atom is -0.366 e. The molecule has 9 nitrogen and oxygen atoms in total. The number of hydrogen-bond donors (Lipinski definition) is 2. The van der Waals surface area contributed by atoms with Gasteiger partial charge >= 0.3 is 0 Å². The van der Waals surface area contributed by atoms with Crippen LogP contribution >= 0.6 is 0 Å². The first kappa shape index (κ1) is 22.8. The summed E-state index contributed by atoms with van der Waals surface area (Å²) in [5.41, 5.74) is 9.39. The van der Waals surface area contributed by atoms with E-state index in [0.717, 1.165) is 48.3 Å². The number of nitrogens with zero attached hydrogens (tertiary/aromatic N) is 4. The number of rotatable bonds is 6. The van der Waals surface area contributed by atoms with E-state index >= 15 is 0 Å². The van der Waals surface area contributed by atoms with Crippen LogP contribution in [-0.2, 0) is 10.0 Å². The van der Waals surface area contributed by atoms with E-state index in [-0.39, 0.29) is 11.7 Å². The zero-order valence-electron chi connectivity index (χ0n) is 19.3. The number of benzene rings is 1. The number of carbonyl (C=O) groups is 1. The van der Waals surface area contributed by atoms with Gasteiger partial charge in [0.2, 0.25) is 10.0 Å². The standard InChI is InChI=1S/C24H30N6O3S/c1-2-34(32,33)30-11-7-16(8-12-30)20-15-26-23-18(20)13-17(14-19(23)24(25)31)21-5-6-22(28-27-21)29-9-3-4-10-29/h5-6,13-16,26H,2-4,7-12H2,1H3,(H2,25,31). The summed E-state index contributed by atoms with van der Waals surface area (Å²) < 4.78 is 26.1. The second-order valence-corrected chi connectivity index (χ2v) is 11.4. The van der Waals surface area contributed by atoms with Crippen LogP contribution in [0.25, 0.3) is 22.2 Å². The molecule has 0 radical (unpaired) electrons. The zero-order chi connectivity index (χ0) is 23.9. The highest BCUT2D eigenvalue weighted by atomic mass is 32.2. The quantitative estimate of drug-likeness (QED) is 0.557. The molecule has 0 unspecified atom stereocenters. The minimum atomic E-state index is -3.18. The van der Waals surface area contributed by atoms with Gasteiger partial charge in [0.25, 0.3) is 5.91 Å². The van der Waals surface area contributed by atoms with Crippen molar-refractivity contribution in [2.24, 2.45) is 5.73 Å². The number of nitrogens with two attached hydrogens (primary N) is 1. The Kier molecular flexibility index (Phi) is 6.03. The lowest BCUT2D eigenvalue weighted by atomic mass is 9.89. The van der Waals surface area contributed by atoms with E-state index in [1.165, 1.54) is 12.8 Å². The average Bonchev–Trinajstić information content (AvgIpc) is 3.54. The Morgan fingerprint density at radius 2 is 1.85 bits per heavy atom. The summed E-state index contributed by atoms with van der Waals surface area (Å²) >= 11 is 0. The van der Waals surface area contributed by atoms with Crippen LogP contribution < -0.4 is 10.6 Å². The van der Waals surface area contributed by atoms with E-state index in [9.17, 15) is 13.2 Å². The number of aromatic amines is 1. The number of aromatic nitrogens is 3. The van der Waals surface area contributed by atoms with Gasteiger partial charge in [0.05, 0.1) is 22.5 Å². The molecule has 0 atom stereocenters. The number of H-pyrrole nitrogens is 1. The summed E-state index contributed by atoms with van der Waals surface area (Å²) in [7, 11) is -3.18. The van der Waals surface area contributed by atoms with Gasteiger partial charge in [0.1, 0.15) is 0 Å². The van der Waals surface area contributed by atoms with Crippen LogP contribution in [0.2, 0.25) is 0 Å². The second-order valence-electron chi connectivity index (χ2n) is 9.10. The number of sulfonamides is 1. The highest BCUT2D eigenvalue weighted by Crippen LogP contribution is 2.37. The number of anilines is 1. The number of primary amides is 1. The Labute approximate surface area is 199 Å². The van der Waals surface area contributed by atoms with Crippen molar-refractivity contribution in [3.8, 4) is 11.3 Å². The summed E-state index contributed by atoms with van der Waals surface area (Å²) in [4.78, 5) is 17.7. The van der Waals surface area contributed by atoms with E-state index in [0.29, 0.717) is 29.9 Å². The maximum Gasteiger partial charge on any atom is 0.250 e. The summed E-state index contributed by atoms with van der Waals surface area (Å²) in [6.07, 6.45) is 5.72. The third-order valence-corrected chi connectivity index (χ3v) is 9.00. The van der Waals surface area contributed by atoms with Crippen LogP contribution in [0.4, 0.5) is 5.82 Å². The van der Waals surface area contributed by atoms with Crippen molar-refractivity contribution < 1.29 is 13.2 Å². The molecule has 3 N–H and O–H groups in total. The minimum absolute atomic E-state index is 0.119. The first-order chi connectivity index (χ1) is 16.4. The van der Waals surface area contributed by atoms with Crippen molar-refractivity contribution in [1.29, 1.82) is 0 Å². The predicted octanol–water partition coefficient (Wildman–Crippen LogP) is 2.85. The van der Waals surface area contributed by atoms with E-state index in [1.54, 1.807) is 17.3 Å². The van der Waals surface area contributed by atoms with E-state index < -0.39 is 15.9 Å². The summed E-state index contributed by atoms with van der Waals surface area (Å²) in [5, 5.41) is 9.79. The Balaban J connectivity index is 1.48. The van der Waals surface area contributed by atoms with Gasteiger partial charge in [-0.15, -0.1) is 10.2 Å². The van der Waals surface area contributed by atoms with Gasteiger partial charge < -0.3 is 15.6 Å². The third kappa shape index (κ3) is 4.16. The fourth-order valence-electron chi connectivity index (χ4n) is 5.15. The molecule has 0 spiro atoms. The van der Waals surface area contributed by atoms with Crippen molar-refractivity contribution in [3.63, 3.8) is 0 Å². The summed E-state index contributed by atoms with van der Waals surface area (Å²) in [6.45, 7) is 4.67. The smallest absolute Gasteiger partial charge is 0.250 e. The van der Waals surface area contributed by atoms with Gasteiger partial charge in [0, 0.05) is 43.3 Å². The van der Waals surface area contributed by atoms with Crippen LogP contribution in [0.3, 0.4) is 0 Å². The lowest BCUT2D eigenvalue weighted by Crippen LogP contribution is -2.38. The Morgan fingerprint density at radius 1 is 1.12 bits per heavy atom. The molecule has 1 aromatic carbocycles. The number of nitrogens with one attached hydrogen (secondary N) is 1. The van der Waals surface area contributed by atoms with Gasteiger partial charge in [-0.1, -0.05) is 0 Å². The maximum atomic E-state index is 12.3. The Hall–Kier alpha value is -2.98. The molecule has 2 aliphatic heterocycles. The molecular weight excluding hydrogens is 452 g/mol. The molecule has 1 amide bonds. The van der Waals surface area contributed by atoms with Gasteiger partial charge in [0.15, 0.2) is 5.82 Å². The van der Waals surface area contributed by atoms with Crippen LogP contribution in [0, 0.1) is 0 Å². The van der Waals surface area contributed by atoms with Crippen molar-refractivity contribution >= 4 is 32.7 Å². The van der Waals surface area contributed by atoms with Crippen LogP contribution in [0.15, 0.2) is 30.5 Å². The topological polar surface area (TPSA) is 125 Å². The maximum absolute atomic E-state index is 12.3. The molecule has 2 aromatic heterocycles. The van der Waals surface area contributed by atoms with Gasteiger partial charge in [-0.05, 0) is 68.4 Å². The van der Waals surface area contributed by atoms with Gasteiger partial charge in [-0.3, -0.25) is 4.79 Å². The fraction of sp³-hybridized carbons (Fsp3) is 0.458. The lowest BCUT2D eigenvalue weighted by molar-refractivity contribution is 0.100. The molecule has 4 heterocycles. The number of carbonyl (C=O) groups excluding carboxylic acids is 1. The van der Waals surface area contributed by atoms with Crippen LogP contribution in [-0.4, -0.2) is 65.7 Å². The molecule has 10 heteroatoms. The molecule has 180 valence electrons. The SMILES string of the molecule is CCS(=O)(=O)N1CCC(c2c[nH]c3c(C(N)=O)cc(-c4ccc(N5CCCC5)nn4)cc23)CC1. The number of fused-ring (bicyclic) bond motifs is 1. The van der Waals surface area contributed by atoms with Crippen molar-refractivity contribution in [2.75, 3.05) is 36.8 Å². The Bertz CT molecular complexity index is 1300. The fourth-order valence-corrected chi connectivity index (χ4v) is 6.29. The van der Waals surface area contributed by atoms with E-state index in [1.807, 2.05) is 24.4 Å². The van der Waals surface area contributed by atoms with Crippen molar-refractivity contribution in [1.82, 2.24) is 19.5 Å². The number of amides is 1. The molecule has 34 heavy (non-hydrogen) atoms. The molecular formula is C24H30N6O3S.